The van der Waals surface area contributed by atoms with Gasteiger partial charge < -0.3 is 5.11 Å². The van der Waals surface area contributed by atoms with Gasteiger partial charge in [-0.2, -0.15) is 11.8 Å². The number of fused-ring (bicyclic) bond motifs is 1. The summed E-state index contributed by atoms with van der Waals surface area (Å²) in [4.78, 5) is 4.28. The van der Waals surface area contributed by atoms with Crippen LogP contribution in [0.4, 0.5) is 0 Å². The minimum Gasteiger partial charge on any atom is -0.493 e. The minimum atomic E-state index is -0.0989. The quantitative estimate of drug-likeness (QED) is 0.861. The van der Waals surface area contributed by atoms with E-state index >= 15 is 0 Å². The van der Waals surface area contributed by atoms with E-state index in [0.717, 1.165) is 16.5 Å². The van der Waals surface area contributed by atoms with Gasteiger partial charge in [-0.1, -0.05) is 24.3 Å². The van der Waals surface area contributed by atoms with E-state index in [1.54, 1.807) is 17.8 Å². The maximum atomic E-state index is 9.65. The molecule has 0 aliphatic rings. The molecule has 1 aromatic carbocycles. The van der Waals surface area contributed by atoms with Gasteiger partial charge in [0.05, 0.1) is 10.4 Å². The van der Waals surface area contributed by atoms with Gasteiger partial charge in [0.2, 0.25) is 5.88 Å². The maximum Gasteiger partial charge on any atom is 0.211 e. The van der Waals surface area contributed by atoms with Gasteiger partial charge in [-0.05, 0) is 25.5 Å². The Labute approximate surface area is 99.7 Å². The summed E-state index contributed by atoms with van der Waals surface area (Å²) >= 11 is 1.73. The third-order valence-corrected chi connectivity index (χ3v) is 4.02. The lowest BCUT2D eigenvalue weighted by atomic mass is 10.0. The molecule has 2 aromatic rings. The first-order chi connectivity index (χ1) is 7.54. The molecule has 2 nitrogen and oxygen atoms in total. The summed E-state index contributed by atoms with van der Waals surface area (Å²) in [7, 11) is 0. The van der Waals surface area contributed by atoms with Crippen LogP contribution in [-0.2, 0) is 4.75 Å². The molecule has 1 aromatic heterocycles. The lowest BCUT2D eigenvalue weighted by molar-refractivity contribution is 0.450. The van der Waals surface area contributed by atoms with E-state index in [4.69, 9.17) is 0 Å². The number of benzene rings is 1. The Bertz CT molecular complexity index is 522. The number of rotatable bonds is 2. The molecule has 0 aliphatic heterocycles. The topological polar surface area (TPSA) is 33.1 Å². The molecule has 84 valence electrons. The highest BCUT2D eigenvalue weighted by atomic mass is 32.2. The molecule has 16 heavy (non-hydrogen) atoms. The zero-order valence-electron chi connectivity index (χ0n) is 9.69. The molecule has 0 amide bonds. The van der Waals surface area contributed by atoms with Crippen molar-refractivity contribution in [2.75, 3.05) is 6.26 Å². The van der Waals surface area contributed by atoms with Crippen LogP contribution in [0.25, 0.3) is 10.8 Å². The summed E-state index contributed by atoms with van der Waals surface area (Å²) in [6.45, 7) is 4.23. The average Bonchev–Trinajstić information content (AvgIpc) is 2.28. The molecule has 0 unspecified atom stereocenters. The van der Waals surface area contributed by atoms with Gasteiger partial charge in [0.1, 0.15) is 0 Å². The van der Waals surface area contributed by atoms with Crippen molar-refractivity contribution in [3.05, 3.63) is 36.0 Å². The number of hydrogen-bond donors (Lipinski definition) is 1. The second-order valence-corrected chi connectivity index (χ2v) is 5.69. The van der Waals surface area contributed by atoms with Crippen LogP contribution in [0.5, 0.6) is 5.88 Å². The molecular weight excluding hydrogens is 218 g/mol. The van der Waals surface area contributed by atoms with Crippen molar-refractivity contribution in [3.63, 3.8) is 0 Å². The molecule has 0 fully saturated rings. The fourth-order valence-corrected chi connectivity index (χ4v) is 2.09. The maximum absolute atomic E-state index is 9.65. The molecule has 0 atom stereocenters. The lowest BCUT2D eigenvalue weighted by Gasteiger charge is -2.23. The first-order valence-electron chi connectivity index (χ1n) is 5.19. The number of nitrogens with zero attached hydrogens (tertiary/aromatic N) is 1. The zero-order valence-corrected chi connectivity index (χ0v) is 10.5. The van der Waals surface area contributed by atoms with Crippen molar-refractivity contribution in [2.45, 2.75) is 18.6 Å². The van der Waals surface area contributed by atoms with Gasteiger partial charge >= 0.3 is 0 Å². The van der Waals surface area contributed by atoms with Crippen molar-refractivity contribution in [1.82, 2.24) is 4.98 Å². The summed E-state index contributed by atoms with van der Waals surface area (Å²) in [5, 5.41) is 11.8. The van der Waals surface area contributed by atoms with E-state index < -0.39 is 0 Å². The predicted octanol–water partition coefficient (Wildman–Crippen LogP) is 3.54. The van der Waals surface area contributed by atoms with E-state index in [2.05, 4.69) is 31.2 Å². The van der Waals surface area contributed by atoms with E-state index in [0.29, 0.717) is 0 Å². The van der Waals surface area contributed by atoms with E-state index in [9.17, 15) is 5.11 Å². The summed E-state index contributed by atoms with van der Waals surface area (Å²) in [5.74, 6) is 0.0934. The fourth-order valence-electron chi connectivity index (χ4n) is 1.74. The van der Waals surface area contributed by atoms with E-state index in [1.807, 2.05) is 18.2 Å². The highest BCUT2D eigenvalue weighted by molar-refractivity contribution is 7.99. The van der Waals surface area contributed by atoms with Crippen LogP contribution in [-0.4, -0.2) is 16.3 Å². The molecule has 0 saturated heterocycles. The van der Waals surface area contributed by atoms with Gasteiger partial charge in [0.15, 0.2) is 0 Å². The molecule has 1 heterocycles. The first kappa shape index (κ1) is 11.3. The molecule has 0 spiro atoms. The second kappa shape index (κ2) is 3.98. The van der Waals surface area contributed by atoms with Crippen molar-refractivity contribution in [1.29, 1.82) is 0 Å². The number of thioether (sulfide) groups is 1. The molecule has 1 N–H and O–H groups in total. The monoisotopic (exact) mass is 233 g/mol. The molecule has 0 radical (unpaired) electrons. The predicted molar refractivity (Wildman–Crippen MR) is 69.9 cm³/mol. The van der Waals surface area contributed by atoms with Crippen LogP contribution in [0, 0.1) is 0 Å². The summed E-state index contributed by atoms with van der Waals surface area (Å²) in [6, 6.07) is 9.72. The first-order valence-corrected chi connectivity index (χ1v) is 6.41. The van der Waals surface area contributed by atoms with Crippen LogP contribution < -0.4 is 0 Å². The van der Waals surface area contributed by atoms with Crippen LogP contribution in [0.2, 0.25) is 0 Å². The summed E-state index contributed by atoms with van der Waals surface area (Å²) in [6.07, 6.45) is 2.06. The number of pyridine rings is 1. The Morgan fingerprint density at radius 2 is 1.94 bits per heavy atom. The average molecular weight is 233 g/mol. The van der Waals surface area contributed by atoms with Crippen molar-refractivity contribution in [3.8, 4) is 5.88 Å². The Morgan fingerprint density at radius 1 is 1.25 bits per heavy atom. The number of hydrogen-bond acceptors (Lipinski definition) is 3. The smallest absolute Gasteiger partial charge is 0.211 e. The normalized spacial score (nSPS) is 11.9. The molecule has 0 aliphatic carbocycles. The van der Waals surface area contributed by atoms with Crippen molar-refractivity contribution in [2.24, 2.45) is 0 Å². The van der Waals surface area contributed by atoms with Crippen LogP contribution in [0.3, 0.4) is 0 Å². The number of aromatic hydroxyl groups is 1. The van der Waals surface area contributed by atoms with Crippen molar-refractivity contribution >= 4 is 22.5 Å². The van der Waals surface area contributed by atoms with Crippen LogP contribution in [0.15, 0.2) is 30.3 Å². The molecule has 0 bridgehead atoms. The highest BCUT2D eigenvalue weighted by Gasteiger charge is 2.23. The molecular formula is C13H15NOS. The standard InChI is InChI=1S/C13H15NOS/c1-13(2,16-3)12-10-7-5-4-6-9(10)8-11(15)14-12/h4-8H,1-3H3,(H,14,15). The second-order valence-electron chi connectivity index (χ2n) is 4.26. The molecule has 2 rings (SSSR count). The fraction of sp³-hybridized carbons (Fsp3) is 0.308. The largest absolute Gasteiger partial charge is 0.493 e. The van der Waals surface area contributed by atoms with Gasteiger partial charge in [-0.3, -0.25) is 0 Å². The van der Waals surface area contributed by atoms with Crippen LogP contribution >= 0.6 is 11.8 Å². The third kappa shape index (κ3) is 1.87. The Kier molecular flexibility index (Phi) is 2.80. The summed E-state index contributed by atoms with van der Waals surface area (Å²) in [5.41, 5.74) is 0.940. The van der Waals surface area contributed by atoms with Gasteiger partial charge in [-0.15, -0.1) is 0 Å². The minimum absolute atomic E-state index is 0.0934. The highest BCUT2D eigenvalue weighted by Crippen LogP contribution is 2.37. The van der Waals surface area contributed by atoms with Gasteiger partial charge in [0, 0.05) is 11.5 Å². The lowest BCUT2D eigenvalue weighted by Crippen LogP contribution is -2.14. The van der Waals surface area contributed by atoms with E-state index in [1.165, 1.54) is 0 Å². The van der Waals surface area contributed by atoms with Crippen LogP contribution in [0.1, 0.15) is 19.5 Å². The van der Waals surface area contributed by atoms with Gasteiger partial charge in [-0.25, -0.2) is 4.98 Å². The SMILES string of the molecule is CSC(C)(C)c1nc(O)cc2ccccc12. The van der Waals surface area contributed by atoms with Gasteiger partial charge in [0.25, 0.3) is 0 Å². The Balaban J connectivity index is 2.77. The van der Waals surface area contributed by atoms with Crippen molar-refractivity contribution < 1.29 is 5.11 Å². The Morgan fingerprint density at radius 3 is 2.62 bits per heavy atom. The third-order valence-electron chi connectivity index (χ3n) is 2.81. The number of aromatic nitrogens is 1. The molecule has 0 saturated carbocycles. The Hall–Kier alpha value is -1.22. The van der Waals surface area contributed by atoms with E-state index in [-0.39, 0.29) is 10.6 Å². The zero-order chi connectivity index (χ0) is 11.8. The summed E-state index contributed by atoms with van der Waals surface area (Å²) < 4.78 is -0.0989. The molecule has 3 heteroatoms.